The van der Waals surface area contributed by atoms with Gasteiger partial charge in [0.2, 0.25) is 0 Å². The Labute approximate surface area is 87.3 Å². The molecule has 1 atom stereocenters. The van der Waals surface area contributed by atoms with Crippen molar-refractivity contribution in [2.45, 2.75) is 58.5 Å². The van der Waals surface area contributed by atoms with Crippen LogP contribution in [0.3, 0.4) is 0 Å². The van der Waals surface area contributed by atoms with E-state index in [1.807, 2.05) is 20.8 Å². The molecule has 84 valence electrons. The van der Waals surface area contributed by atoms with E-state index in [4.69, 9.17) is 5.73 Å². The summed E-state index contributed by atoms with van der Waals surface area (Å²) in [6.45, 7) is 6.02. The zero-order chi connectivity index (χ0) is 10.8. The lowest BCUT2D eigenvalue weighted by Gasteiger charge is -2.38. The van der Waals surface area contributed by atoms with Gasteiger partial charge in [-0.15, -0.1) is 0 Å². The van der Waals surface area contributed by atoms with Gasteiger partial charge in [0.25, 0.3) is 0 Å². The van der Waals surface area contributed by atoms with E-state index < -0.39 is 5.67 Å². The minimum Gasteiger partial charge on any atom is -0.328 e. The molecule has 0 aromatic carbocycles. The molecule has 0 saturated heterocycles. The summed E-state index contributed by atoms with van der Waals surface area (Å²) in [5, 5.41) is 0. The van der Waals surface area contributed by atoms with Gasteiger partial charge in [-0.3, -0.25) is 0 Å². The van der Waals surface area contributed by atoms with Gasteiger partial charge in [-0.2, -0.15) is 0 Å². The van der Waals surface area contributed by atoms with Gasteiger partial charge in [0, 0.05) is 6.54 Å². The van der Waals surface area contributed by atoms with E-state index in [1.165, 1.54) is 25.7 Å². The van der Waals surface area contributed by atoms with Crippen LogP contribution in [0.1, 0.15) is 52.9 Å². The molecule has 2 N–H and O–H groups in total. The maximum Gasteiger partial charge on any atom is 0.128 e. The normalized spacial score (nSPS) is 23.8. The summed E-state index contributed by atoms with van der Waals surface area (Å²) in [6, 6.07) is 0. The molecule has 1 aliphatic carbocycles. The summed E-state index contributed by atoms with van der Waals surface area (Å²) < 4.78 is 14.6. The second kappa shape index (κ2) is 4.18. The summed E-state index contributed by atoms with van der Waals surface area (Å²) >= 11 is 0. The number of rotatable bonds is 3. The van der Waals surface area contributed by atoms with E-state index in [-0.39, 0.29) is 12.0 Å². The lowest BCUT2D eigenvalue weighted by molar-refractivity contribution is 0.0141. The highest BCUT2D eigenvalue weighted by atomic mass is 19.1. The van der Waals surface area contributed by atoms with Crippen molar-refractivity contribution in [2.24, 2.45) is 17.1 Å². The van der Waals surface area contributed by atoms with Crippen LogP contribution in [0.2, 0.25) is 0 Å². The van der Waals surface area contributed by atoms with Crippen molar-refractivity contribution in [2.75, 3.05) is 6.54 Å². The van der Waals surface area contributed by atoms with E-state index in [2.05, 4.69) is 0 Å². The third kappa shape index (κ3) is 2.47. The Morgan fingerprint density at radius 3 is 2.07 bits per heavy atom. The molecule has 1 saturated carbocycles. The van der Waals surface area contributed by atoms with Crippen molar-refractivity contribution < 1.29 is 4.39 Å². The summed E-state index contributed by atoms with van der Waals surface area (Å²) in [4.78, 5) is 0. The van der Waals surface area contributed by atoms with Crippen molar-refractivity contribution in [3.63, 3.8) is 0 Å². The van der Waals surface area contributed by atoms with Crippen LogP contribution in [0.25, 0.3) is 0 Å². The molecule has 1 unspecified atom stereocenters. The summed E-state index contributed by atoms with van der Waals surface area (Å²) in [5.41, 5.74) is 4.09. The average molecular weight is 201 g/mol. The van der Waals surface area contributed by atoms with Gasteiger partial charge in [-0.05, 0) is 17.8 Å². The van der Waals surface area contributed by atoms with Gasteiger partial charge in [0.1, 0.15) is 5.67 Å². The van der Waals surface area contributed by atoms with Crippen molar-refractivity contribution in [1.82, 2.24) is 0 Å². The van der Waals surface area contributed by atoms with Crippen molar-refractivity contribution in [1.29, 1.82) is 0 Å². The van der Waals surface area contributed by atoms with Crippen molar-refractivity contribution in [3.05, 3.63) is 0 Å². The Morgan fingerprint density at radius 2 is 1.71 bits per heavy atom. The molecule has 0 heterocycles. The highest BCUT2D eigenvalue weighted by Crippen LogP contribution is 2.42. The second-order valence-corrected chi connectivity index (χ2v) is 5.77. The first-order chi connectivity index (χ1) is 6.39. The molecule has 1 rings (SSSR count). The predicted octanol–water partition coefficient (Wildman–Crippen LogP) is 3.28. The molecular weight excluding hydrogens is 177 g/mol. The summed E-state index contributed by atoms with van der Waals surface area (Å²) in [6.07, 6.45) is 5.60. The van der Waals surface area contributed by atoms with E-state index in [0.717, 1.165) is 0 Å². The number of halogens is 1. The van der Waals surface area contributed by atoms with Crippen molar-refractivity contribution in [3.8, 4) is 0 Å². The van der Waals surface area contributed by atoms with E-state index in [9.17, 15) is 4.39 Å². The third-order valence-electron chi connectivity index (χ3n) is 3.75. The molecule has 14 heavy (non-hydrogen) atoms. The topological polar surface area (TPSA) is 26.0 Å². The first-order valence-electron chi connectivity index (χ1n) is 5.78. The fourth-order valence-electron chi connectivity index (χ4n) is 2.37. The van der Waals surface area contributed by atoms with Gasteiger partial charge in [0.15, 0.2) is 0 Å². The molecule has 1 aliphatic rings. The Kier molecular flexibility index (Phi) is 3.57. The summed E-state index contributed by atoms with van der Waals surface area (Å²) in [7, 11) is 0. The van der Waals surface area contributed by atoms with Crippen LogP contribution in [-0.2, 0) is 0 Å². The molecule has 0 aliphatic heterocycles. The molecule has 0 radical (unpaired) electrons. The predicted molar refractivity (Wildman–Crippen MR) is 58.9 cm³/mol. The molecule has 0 bridgehead atoms. The second-order valence-electron chi connectivity index (χ2n) is 5.77. The number of hydrogen-bond donors (Lipinski definition) is 1. The zero-order valence-corrected chi connectivity index (χ0v) is 9.78. The smallest absolute Gasteiger partial charge is 0.128 e. The summed E-state index contributed by atoms with van der Waals surface area (Å²) in [5.74, 6) is 0.572. The molecule has 1 nitrogen and oxygen atoms in total. The van der Waals surface area contributed by atoms with Crippen LogP contribution < -0.4 is 5.73 Å². The van der Waals surface area contributed by atoms with E-state index in [1.54, 1.807) is 0 Å². The Hall–Kier alpha value is -0.110. The first kappa shape index (κ1) is 12.0. The maximum absolute atomic E-state index is 14.6. The van der Waals surface area contributed by atoms with Crippen LogP contribution in [0.15, 0.2) is 0 Å². The maximum atomic E-state index is 14.6. The van der Waals surface area contributed by atoms with Crippen molar-refractivity contribution >= 4 is 0 Å². The van der Waals surface area contributed by atoms with Crippen LogP contribution in [0.5, 0.6) is 0 Å². The van der Waals surface area contributed by atoms with Crippen LogP contribution >= 0.6 is 0 Å². The minimum atomic E-state index is -1.18. The van der Waals surface area contributed by atoms with Crippen LogP contribution in [-0.4, -0.2) is 12.2 Å². The quantitative estimate of drug-likeness (QED) is 0.745. The molecular formula is C12H24FN. The fraction of sp³-hybridized carbons (Fsp3) is 1.00. The lowest BCUT2D eigenvalue weighted by atomic mass is 9.73. The molecule has 1 fully saturated rings. The highest BCUT2D eigenvalue weighted by molar-refractivity contribution is 4.94. The SMILES string of the molecule is CC(C)(C)C(F)(CN)CC1CCCC1. The van der Waals surface area contributed by atoms with Gasteiger partial charge < -0.3 is 5.73 Å². The molecule has 0 spiro atoms. The number of alkyl halides is 1. The average Bonchev–Trinajstić information content (AvgIpc) is 2.54. The van der Waals surface area contributed by atoms with Gasteiger partial charge >= 0.3 is 0 Å². The minimum absolute atomic E-state index is 0.160. The van der Waals surface area contributed by atoms with E-state index >= 15 is 0 Å². The molecule has 2 heteroatoms. The third-order valence-corrected chi connectivity index (χ3v) is 3.75. The molecule has 0 aromatic rings. The monoisotopic (exact) mass is 201 g/mol. The van der Waals surface area contributed by atoms with Gasteiger partial charge in [-0.25, -0.2) is 4.39 Å². The van der Waals surface area contributed by atoms with Gasteiger partial charge in [-0.1, -0.05) is 46.5 Å². The van der Waals surface area contributed by atoms with Crippen LogP contribution in [0, 0.1) is 11.3 Å². The molecule has 0 aromatic heterocycles. The standard InChI is InChI=1S/C12H24FN/c1-11(2,3)12(13,9-14)8-10-6-4-5-7-10/h10H,4-9,14H2,1-3H3. The Bertz CT molecular complexity index is 179. The van der Waals surface area contributed by atoms with Crippen LogP contribution in [0.4, 0.5) is 4.39 Å². The van der Waals surface area contributed by atoms with Gasteiger partial charge in [0.05, 0.1) is 0 Å². The number of nitrogens with two attached hydrogens (primary N) is 1. The first-order valence-corrected chi connectivity index (χ1v) is 5.78. The molecule has 0 amide bonds. The number of hydrogen-bond acceptors (Lipinski definition) is 1. The lowest BCUT2D eigenvalue weighted by Crippen LogP contribution is -2.46. The fourth-order valence-corrected chi connectivity index (χ4v) is 2.37. The largest absolute Gasteiger partial charge is 0.328 e. The highest BCUT2D eigenvalue weighted by Gasteiger charge is 2.43. The van der Waals surface area contributed by atoms with E-state index in [0.29, 0.717) is 12.3 Å². The Morgan fingerprint density at radius 1 is 1.21 bits per heavy atom. The Balaban J connectivity index is 2.60. The zero-order valence-electron chi connectivity index (χ0n) is 9.78.